The molecule has 6 nitrogen and oxygen atoms in total. The zero-order chi connectivity index (χ0) is 18.0. The van der Waals surface area contributed by atoms with Crippen LogP contribution in [0.3, 0.4) is 0 Å². The highest BCUT2D eigenvalue weighted by molar-refractivity contribution is 9.10. The zero-order valence-corrected chi connectivity index (χ0v) is 15.2. The molecule has 3 aromatic rings. The first-order valence-corrected chi connectivity index (χ1v) is 8.22. The van der Waals surface area contributed by atoms with Crippen molar-refractivity contribution >= 4 is 32.6 Å². The van der Waals surface area contributed by atoms with Crippen LogP contribution in [0.5, 0.6) is 11.5 Å². The first-order valence-electron chi connectivity index (χ1n) is 7.43. The number of hydrogen-bond acceptors (Lipinski definition) is 5. The number of ether oxygens (including phenoxy) is 2. The van der Waals surface area contributed by atoms with E-state index in [1.807, 2.05) is 6.07 Å². The van der Waals surface area contributed by atoms with Gasteiger partial charge in [-0.1, -0.05) is 15.9 Å². The summed E-state index contributed by atoms with van der Waals surface area (Å²) in [6.45, 7) is -0.107. The summed E-state index contributed by atoms with van der Waals surface area (Å²) in [6, 6.07) is 10.2. The average Bonchev–Trinajstić information content (AvgIpc) is 2.63. The lowest BCUT2D eigenvalue weighted by atomic mass is 10.1. The second-order valence-electron chi connectivity index (χ2n) is 5.33. The molecule has 0 aliphatic rings. The van der Waals surface area contributed by atoms with E-state index in [1.165, 1.54) is 25.1 Å². The molecule has 0 N–H and O–H groups in total. The number of carbonyl (C=O) groups is 1. The third kappa shape index (κ3) is 3.41. The van der Waals surface area contributed by atoms with Crippen LogP contribution in [0.2, 0.25) is 0 Å². The van der Waals surface area contributed by atoms with Gasteiger partial charge in [0.25, 0.3) is 5.56 Å². The summed E-state index contributed by atoms with van der Waals surface area (Å²) < 4.78 is 12.5. The number of fused-ring (bicyclic) bond motifs is 1. The van der Waals surface area contributed by atoms with Crippen molar-refractivity contribution < 1.29 is 14.3 Å². The molecule has 0 unspecified atom stereocenters. The Morgan fingerprint density at radius 1 is 1.12 bits per heavy atom. The van der Waals surface area contributed by atoms with Crippen molar-refractivity contribution in [3.8, 4) is 11.5 Å². The van der Waals surface area contributed by atoms with Gasteiger partial charge in [0.1, 0.15) is 0 Å². The normalized spacial score (nSPS) is 10.7. The van der Waals surface area contributed by atoms with Crippen molar-refractivity contribution in [3.63, 3.8) is 0 Å². The second kappa shape index (κ2) is 7.06. The fraction of sp³-hybridized carbons (Fsp3) is 0.167. The molecule has 25 heavy (non-hydrogen) atoms. The van der Waals surface area contributed by atoms with Crippen LogP contribution in [0.15, 0.2) is 52.0 Å². The van der Waals surface area contributed by atoms with E-state index < -0.39 is 0 Å². The average molecular weight is 403 g/mol. The summed E-state index contributed by atoms with van der Waals surface area (Å²) in [5.74, 6) is 0.772. The molecular formula is C18H15BrN2O4. The van der Waals surface area contributed by atoms with Crippen molar-refractivity contribution in [2.75, 3.05) is 14.2 Å². The lowest BCUT2D eigenvalue weighted by molar-refractivity contribution is 0.0970. The molecule has 0 saturated carbocycles. The summed E-state index contributed by atoms with van der Waals surface area (Å²) >= 11 is 3.34. The maximum atomic E-state index is 12.6. The van der Waals surface area contributed by atoms with Crippen LogP contribution in [-0.4, -0.2) is 29.6 Å². The maximum absolute atomic E-state index is 12.6. The molecule has 2 aromatic carbocycles. The largest absolute Gasteiger partial charge is 0.493 e. The van der Waals surface area contributed by atoms with Crippen LogP contribution in [0.1, 0.15) is 10.4 Å². The second-order valence-corrected chi connectivity index (χ2v) is 6.25. The molecule has 0 aliphatic carbocycles. The lowest BCUT2D eigenvalue weighted by Crippen LogP contribution is -2.24. The fourth-order valence-corrected chi connectivity index (χ4v) is 2.86. The third-order valence-corrected chi connectivity index (χ3v) is 4.30. The van der Waals surface area contributed by atoms with Gasteiger partial charge in [-0.25, -0.2) is 4.98 Å². The number of halogens is 1. The molecule has 0 atom stereocenters. The maximum Gasteiger partial charge on any atom is 0.261 e. The number of Topliss-reactive ketones (excluding diaryl/α,β-unsaturated/α-hetero) is 1. The molecule has 0 fully saturated rings. The third-order valence-electron chi connectivity index (χ3n) is 3.81. The monoisotopic (exact) mass is 402 g/mol. The Morgan fingerprint density at radius 2 is 1.88 bits per heavy atom. The number of rotatable bonds is 5. The summed E-state index contributed by atoms with van der Waals surface area (Å²) in [4.78, 5) is 29.4. The predicted molar refractivity (Wildman–Crippen MR) is 97.6 cm³/mol. The minimum absolute atomic E-state index is 0.107. The van der Waals surface area contributed by atoms with E-state index in [-0.39, 0.29) is 17.9 Å². The van der Waals surface area contributed by atoms with Crippen molar-refractivity contribution in [1.82, 2.24) is 9.55 Å². The van der Waals surface area contributed by atoms with Gasteiger partial charge in [-0.3, -0.25) is 14.2 Å². The van der Waals surface area contributed by atoms with E-state index in [0.29, 0.717) is 28.0 Å². The topological polar surface area (TPSA) is 70.4 Å². The SMILES string of the molecule is COc1ccc(C(=O)Cn2cnc3ccc(Br)cc3c2=O)cc1OC. The Balaban J connectivity index is 1.94. The van der Waals surface area contributed by atoms with Crippen molar-refractivity contribution in [3.05, 3.63) is 63.1 Å². The van der Waals surface area contributed by atoms with Gasteiger partial charge in [-0.05, 0) is 36.4 Å². The zero-order valence-electron chi connectivity index (χ0n) is 13.7. The number of carbonyl (C=O) groups excluding carboxylic acids is 1. The van der Waals surface area contributed by atoms with Gasteiger partial charge in [0, 0.05) is 10.0 Å². The predicted octanol–water partition coefficient (Wildman–Crippen LogP) is 3.06. The summed E-state index contributed by atoms with van der Waals surface area (Å²) in [7, 11) is 3.03. The first-order chi connectivity index (χ1) is 12.0. The van der Waals surface area contributed by atoms with Gasteiger partial charge >= 0.3 is 0 Å². The van der Waals surface area contributed by atoms with Gasteiger partial charge in [-0.2, -0.15) is 0 Å². The molecular weight excluding hydrogens is 388 g/mol. The molecule has 7 heteroatoms. The number of methoxy groups -OCH3 is 2. The molecule has 3 rings (SSSR count). The molecule has 0 aliphatic heterocycles. The Hall–Kier alpha value is -2.67. The highest BCUT2D eigenvalue weighted by atomic mass is 79.9. The van der Waals surface area contributed by atoms with Crippen LogP contribution in [0.25, 0.3) is 10.9 Å². The Kier molecular flexibility index (Phi) is 4.85. The van der Waals surface area contributed by atoms with Crippen LogP contribution < -0.4 is 15.0 Å². The Bertz CT molecular complexity index is 1010. The first kappa shape index (κ1) is 17.2. The van der Waals surface area contributed by atoms with Gasteiger partial charge < -0.3 is 9.47 Å². The van der Waals surface area contributed by atoms with Crippen LogP contribution in [0, 0.1) is 0 Å². The number of hydrogen-bond donors (Lipinski definition) is 0. The van der Waals surface area contributed by atoms with Gasteiger partial charge in [0.15, 0.2) is 17.3 Å². The van der Waals surface area contributed by atoms with Crippen LogP contribution in [-0.2, 0) is 6.54 Å². The Labute approximate surface area is 152 Å². The number of aromatic nitrogens is 2. The lowest BCUT2D eigenvalue weighted by Gasteiger charge is -2.10. The van der Waals surface area contributed by atoms with Crippen LogP contribution >= 0.6 is 15.9 Å². The van der Waals surface area contributed by atoms with E-state index in [1.54, 1.807) is 30.3 Å². The molecule has 1 heterocycles. The molecule has 1 aromatic heterocycles. The van der Waals surface area contributed by atoms with E-state index in [4.69, 9.17) is 9.47 Å². The molecule has 0 saturated heterocycles. The molecule has 0 amide bonds. The number of benzene rings is 2. The van der Waals surface area contributed by atoms with Gasteiger partial charge in [0.05, 0.1) is 38.0 Å². The fourth-order valence-electron chi connectivity index (χ4n) is 2.50. The molecule has 0 radical (unpaired) electrons. The van der Waals surface area contributed by atoms with Gasteiger partial charge in [0.2, 0.25) is 0 Å². The minimum Gasteiger partial charge on any atom is -0.493 e. The van der Waals surface area contributed by atoms with E-state index in [0.717, 1.165) is 4.47 Å². The molecule has 128 valence electrons. The summed E-state index contributed by atoms with van der Waals surface area (Å²) in [5, 5.41) is 0.456. The standard InChI is InChI=1S/C18H15BrN2O4/c1-24-16-6-3-11(7-17(16)25-2)15(22)9-21-10-20-14-5-4-12(19)8-13(14)18(21)23/h3-8,10H,9H2,1-2H3. The smallest absolute Gasteiger partial charge is 0.261 e. The number of ketones is 1. The summed E-state index contributed by atoms with van der Waals surface area (Å²) in [5.41, 5.74) is 0.752. The highest BCUT2D eigenvalue weighted by Crippen LogP contribution is 2.27. The van der Waals surface area contributed by atoms with Crippen molar-refractivity contribution in [1.29, 1.82) is 0 Å². The molecule has 0 bridgehead atoms. The minimum atomic E-state index is -0.264. The van der Waals surface area contributed by atoms with E-state index in [9.17, 15) is 9.59 Å². The van der Waals surface area contributed by atoms with E-state index in [2.05, 4.69) is 20.9 Å². The van der Waals surface area contributed by atoms with Crippen molar-refractivity contribution in [2.24, 2.45) is 0 Å². The molecule has 0 spiro atoms. The van der Waals surface area contributed by atoms with Gasteiger partial charge in [-0.15, -0.1) is 0 Å². The number of nitrogens with zero attached hydrogens (tertiary/aromatic N) is 2. The Morgan fingerprint density at radius 3 is 2.60 bits per heavy atom. The van der Waals surface area contributed by atoms with E-state index >= 15 is 0 Å². The quantitative estimate of drug-likeness (QED) is 0.613. The highest BCUT2D eigenvalue weighted by Gasteiger charge is 2.13. The van der Waals surface area contributed by atoms with Crippen LogP contribution in [0.4, 0.5) is 0 Å². The summed E-state index contributed by atoms with van der Waals surface area (Å²) in [6.07, 6.45) is 1.39. The van der Waals surface area contributed by atoms with Crippen molar-refractivity contribution in [2.45, 2.75) is 6.54 Å².